The Hall–Kier alpha value is -7.62. The lowest BCUT2D eigenvalue weighted by atomic mass is 9.67. The second-order valence-corrected chi connectivity index (χ2v) is 16.3. The van der Waals surface area contributed by atoms with Crippen LogP contribution >= 0.6 is 0 Å². The number of amidine groups is 2. The average Bonchev–Trinajstić information content (AvgIpc) is 3.62. The van der Waals surface area contributed by atoms with Crippen LogP contribution in [0.1, 0.15) is 56.2 Å². The molecule has 61 heavy (non-hydrogen) atoms. The molecule has 1 atom stereocenters. The fraction of sp³-hybridized carbons (Fsp3) is 0.0690. The van der Waals surface area contributed by atoms with Crippen molar-refractivity contribution in [3.8, 4) is 33.4 Å². The molecular formula is C58H43N3. The number of fused-ring (bicyclic) bond motifs is 4. The monoisotopic (exact) mass is 781 g/mol. The van der Waals surface area contributed by atoms with Gasteiger partial charge in [0.15, 0.2) is 5.84 Å². The molecule has 0 saturated carbocycles. The molecule has 9 aromatic rings. The van der Waals surface area contributed by atoms with E-state index in [1.54, 1.807) is 0 Å². The molecule has 1 unspecified atom stereocenters. The van der Waals surface area contributed by atoms with Gasteiger partial charge < -0.3 is 5.32 Å². The van der Waals surface area contributed by atoms with E-state index in [0.29, 0.717) is 5.84 Å². The van der Waals surface area contributed by atoms with Crippen molar-refractivity contribution in [3.63, 3.8) is 0 Å². The van der Waals surface area contributed by atoms with Gasteiger partial charge in [-0.1, -0.05) is 211 Å². The molecule has 290 valence electrons. The number of benzene rings is 9. The standard InChI is InChI=1S/C58H43N3/c1-38-21-30-45(31-22-38)58(46-32-23-39(2)24-33-46)53-20-12-11-19-50(53)51-34-29-44(37-54(51)58)47-35-36-52(49-18-10-9-17-48(47)49)57-60-55(42-15-7-4-8-16-42)59-56(61-57)43-27-25-41(26-28-43)40-13-5-3-6-14-40/h3-37,56H,1-2H3,(H,59,60,61). The van der Waals surface area contributed by atoms with Gasteiger partial charge in [-0.25, -0.2) is 9.98 Å². The van der Waals surface area contributed by atoms with Crippen LogP contribution in [0.5, 0.6) is 0 Å². The molecular weight excluding hydrogens is 739 g/mol. The van der Waals surface area contributed by atoms with Crippen molar-refractivity contribution in [1.29, 1.82) is 0 Å². The minimum Gasteiger partial charge on any atom is -0.344 e. The number of hydrogen-bond donors (Lipinski definition) is 1. The summed E-state index contributed by atoms with van der Waals surface area (Å²) in [5, 5.41) is 5.94. The summed E-state index contributed by atoms with van der Waals surface area (Å²) < 4.78 is 0. The van der Waals surface area contributed by atoms with Crippen molar-refractivity contribution in [2.75, 3.05) is 0 Å². The van der Waals surface area contributed by atoms with Crippen LogP contribution in [-0.2, 0) is 5.41 Å². The van der Waals surface area contributed by atoms with Gasteiger partial charge in [0, 0.05) is 11.1 Å². The minimum atomic E-state index is -0.486. The van der Waals surface area contributed by atoms with E-state index < -0.39 is 5.41 Å². The van der Waals surface area contributed by atoms with Crippen molar-refractivity contribution in [2.45, 2.75) is 25.4 Å². The third-order valence-corrected chi connectivity index (χ3v) is 12.6. The van der Waals surface area contributed by atoms with E-state index in [1.165, 1.54) is 66.8 Å². The highest BCUT2D eigenvalue weighted by Crippen LogP contribution is 2.57. The van der Waals surface area contributed by atoms with E-state index in [1.807, 2.05) is 6.07 Å². The summed E-state index contributed by atoms with van der Waals surface area (Å²) in [6.45, 7) is 4.33. The number of hydrogen-bond acceptors (Lipinski definition) is 3. The van der Waals surface area contributed by atoms with Gasteiger partial charge in [0.1, 0.15) is 12.0 Å². The average molecular weight is 782 g/mol. The first-order chi connectivity index (χ1) is 30.0. The highest BCUT2D eigenvalue weighted by molar-refractivity contribution is 6.19. The maximum atomic E-state index is 5.34. The van der Waals surface area contributed by atoms with Crippen molar-refractivity contribution in [2.24, 2.45) is 9.98 Å². The molecule has 1 aliphatic carbocycles. The summed E-state index contributed by atoms with van der Waals surface area (Å²) in [7, 11) is 0. The maximum absolute atomic E-state index is 5.34. The quantitative estimate of drug-likeness (QED) is 0.172. The van der Waals surface area contributed by atoms with Gasteiger partial charge in [-0.3, -0.25) is 0 Å². The number of nitrogens with one attached hydrogen (secondary N) is 1. The predicted octanol–water partition coefficient (Wildman–Crippen LogP) is 13.6. The predicted molar refractivity (Wildman–Crippen MR) is 253 cm³/mol. The van der Waals surface area contributed by atoms with Gasteiger partial charge in [0.2, 0.25) is 0 Å². The SMILES string of the molecule is Cc1ccc(C2(c3ccc(C)cc3)c3ccccc3-c3ccc(-c4ccc(C5=NC(c6ccc(-c7ccccc7)cc6)NC(c6ccccc6)=N5)c5ccccc45)cc32)cc1. The fourth-order valence-corrected chi connectivity index (χ4v) is 9.56. The molecule has 0 amide bonds. The van der Waals surface area contributed by atoms with Crippen LogP contribution in [0.25, 0.3) is 44.2 Å². The summed E-state index contributed by atoms with van der Waals surface area (Å²) in [6, 6.07) is 77.2. The molecule has 0 aromatic heterocycles. The Kier molecular flexibility index (Phi) is 8.90. The number of aliphatic imine (C=N–C) groups is 2. The van der Waals surface area contributed by atoms with E-state index in [2.05, 4.69) is 225 Å². The Morgan fingerprint density at radius 2 is 0.918 bits per heavy atom. The largest absolute Gasteiger partial charge is 0.344 e. The zero-order valence-electron chi connectivity index (χ0n) is 34.2. The normalized spacial score (nSPS) is 15.0. The topological polar surface area (TPSA) is 36.8 Å². The van der Waals surface area contributed by atoms with E-state index in [4.69, 9.17) is 9.98 Å². The molecule has 0 spiro atoms. The Labute approximate surface area is 357 Å². The molecule has 9 aromatic carbocycles. The second-order valence-electron chi connectivity index (χ2n) is 16.3. The molecule has 0 fully saturated rings. The molecule has 1 N–H and O–H groups in total. The Balaban J connectivity index is 1.06. The van der Waals surface area contributed by atoms with E-state index >= 15 is 0 Å². The third-order valence-electron chi connectivity index (χ3n) is 12.6. The Morgan fingerprint density at radius 1 is 0.410 bits per heavy atom. The number of nitrogens with zero attached hydrogens (tertiary/aromatic N) is 2. The van der Waals surface area contributed by atoms with Gasteiger partial charge in [-0.15, -0.1) is 0 Å². The summed E-state index contributed by atoms with van der Waals surface area (Å²) in [5.74, 6) is 1.51. The summed E-state index contributed by atoms with van der Waals surface area (Å²) in [6.07, 6.45) is -0.319. The summed E-state index contributed by atoms with van der Waals surface area (Å²) in [5.41, 5.74) is 17.5. The van der Waals surface area contributed by atoms with Crippen LogP contribution in [0, 0.1) is 13.8 Å². The van der Waals surface area contributed by atoms with Crippen LogP contribution in [0.2, 0.25) is 0 Å². The fourth-order valence-electron chi connectivity index (χ4n) is 9.56. The van der Waals surface area contributed by atoms with Crippen LogP contribution in [0.15, 0.2) is 222 Å². The lowest BCUT2D eigenvalue weighted by molar-refractivity contribution is 0.674. The van der Waals surface area contributed by atoms with Crippen LogP contribution < -0.4 is 5.32 Å². The van der Waals surface area contributed by atoms with Gasteiger partial charge in [-0.05, 0) is 98.0 Å². The van der Waals surface area contributed by atoms with Crippen molar-refractivity contribution in [3.05, 3.63) is 262 Å². The summed E-state index contributed by atoms with van der Waals surface area (Å²) in [4.78, 5) is 10.6. The first kappa shape index (κ1) is 36.5. The van der Waals surface area contributed by atoms with Gasteiger partial charge in [0.05, 0.1) is 5.41 Å². The van der Waals surface area contributed by atoms with Crippen molar-refractivity contribution in [1.82, 2.24) is 5.32 Å². The van der Waals surface area contributed by atoms with Gasteiger partial charge >= 0.3 is 0 Å². The lowest BCUT2D eigenvalue weighted by Gasteiger charge is -2.34. The van der Waals surface area contributed by atoms with Crippen LogP contribution in [-0.4, -0.2) is 11.7 Å². The first-order valence-corrected chi connectivity index (χ1v) is 21.1. The van der Waals surface area contributed by atoms with Crippen molar-refractivity contribution >= 4 is 22.4 Å². The molecule has 1 heterocycles. The van der Waals surface area contributed by atoms with Gasteiger partial charge in [0.25, 0.3) is 0 Å². The maximum Gasteiger partial charge on any atom is 0.160 e. The molecule has 0 bridgehead atoms. The first-order valence-electron chi connectivity index (χ1n) is 21.1. The molecule has 1 aliphatic heterocycles. The van der Waals surface area contributed by atoms with Crippen molar-refractivity contribution < 1.29 is 0 Å². The number of aryl methyl sites for hydroxylation is 2. The highest BCUT2D eigenvalue weighted by atomic mass is 15.2. The Morgan fingerprint density at radius 3 is 1.59 bits per heavy atom. The number of rotatable bonds is 7. The Bertz CT molecular complexity index is 3100. The van der Waals surface area contributed by atoms with Gasteiger partial charge in [-0.2, -0.15) is 0 Å². The zero-order valence-corrected chi connectivity index (χ0v) is 34.2. The molecule has 0 saturated heterocycles. The molecule has 2 aliphatic rings. The lowest BCUT2D eigenvalue weighted by Crippen LogP contribution is -2.33. The smallest absolute Gasteiger partial charge is 0.160 e. The minimum absolute atomic E-state index is 0.319. The van der Waals surface area contributed by atoms with Crippen LogP contribution in [0.4, 0.5) is 0 Å². The molecule has 3 nitrogen and oxygen atoms in total. The molecule has 0 radical (unpaired) electrons. The zero-order chi connectivity index (χ0) is 40.9. The van der Waals surface area contributed by atoms with E-state index in [-0.39, 0.29) is 6.17 Å². The summed E-state index contributed by atoms with van der Waals surface area (Å²) >= 11 is 0. The molecule has 3 heteroatoms. The highest BCUT2D eigenvalue weighted by Gasteiger charge is 2.46. The third kappa shape index (κ3) is 6.20. The van der Waals surface area contributed by atoms with E-state index in [9.17, 15) is 0 Å². The van der Waals surface area contributed by atoms with Crippen LogP contribution in [0.3, 0.4) is 0 Å². The van der Waals surface area contributed by atoms with E-state index in [0.717, 1.165) is 33.3 Å². The second kappa shape index (κ2) is 14.9. The molecule has 11 rings (SSSR count).